The highest BCUT2D eigenvalue weighted by Crippen LogP contribution is 2.30. The monoisotopic (exact) mass is 641 g/mol. The molecule has 0 fully saturated rings. The summed E-state index contributed by atoms with van der Waals surface area (Å²) < 4.78 is 35.6. The Kier molecular flexibility index (Phi) is 11.5. The first kappa shape index (κ1) is 34.2. The topological polar surface area (TPSA) is 225 Å². The highest BCUT2D eigenvalue weighted by Gasteiger charge is 2.41. The molecular weight excluding hydrogens is 614 g/mol. The summed E-state index contributed by atoms with van der Waals surface area (Å²) in [6.07, 6.45) is -4.72. The van der Waals surface area contributed by atoms with Crippen LogP contribution in [0.4, 0.5) is 5.82 Å². The molecule has 1 aromatic heterocycles. The Morgan fingerprint density at radius 2 is 1.15 bits per heavy atom. The average Bonchev–Trinajstić information content (AvgIpc) is 3.02. The number of methoxy groups -OCH3 is 3. The number of carboxylic acids is 1. The number of carbonyl (C=O) groups is 6. The third-order valence-electron chi connectivity index (χ3n) is 5.65. The van der Waals surface area contributed by atoms with Crippen LogP contribution in [0.25, 0.3) is 0 Å². The lowest BCUT2D eigenvalue weighted by Gasteiger charge is -2.23. The van der Waals surface area contributed by atoms with Crippen LogP contribution in [-0.4, -0.2) is 84.6 Å². The Morgan fingerprint density at radius 3 is 1.54 bits per heavy atom. The summed E-state index contributed by atoms with van der Waals surface area (Å²) in [4.78, 5) is 74.7. The Balaban J connectivity index is 1.97. The summed E-state index contributed by atoms with van der Waals surface area (Å²) in [6, 6.07) is 9.53. The van der Waals surface area contributed by atoms with E-state index in [2.05, 4.69) is 15.5 Å². The van der Waals surface area contributed by atoms with Crippen molar-refractivity contribution in [2.75, 3.05) is 26.6 Å². The van der Waals surface area contributed by atoms with E-state index in [4.69, 9.17) is 33.2 Å². The van der Waals surface area contributed by atoms with Crippen LogP contribution in [0, 0.1) is 0 Å². The van der Waals surface area contributed by atoms with E-state index in [1.165, 1.54) is 45.6 Å². The minimum Gasteiger partial charge on any atom is -0.493 e. The third-order valence-corrected chi connectivity index (χ3v) is 5.65. The van der Waals surface area contributed by atoms with Gasteiger partial charge in [0, 0.05) is 19.9 Å². The van der Waals surface area contributed by atoms with Gasteiger partial charge in [0.1, 0.15) is 0 Å². The number of esters is 4. The van der Waals surface area contributed by atoms with Crippen molar-refractivity contribution in [2.24, 2.45) is 0 Å². The quantitative estimate of drug-likeness (QED) is 0.200. The minimum atomic E-state index is -2.41. The molecule has 0 aliphatic heterocycles. The van der Waals surface area contributed by atoms with Crippen molar-refractivity contribution in [2.45, 2.75) is 26.1 Å². The largest absolute Gasteiger partial charge is 0.493 e. The molecule has 3 rings (SSSR count). The van der Waals surface area contributed by atoms with Crippen LogP contribution in [0.5, 0.6) is 28.9 Å². The first-order chi connectivity index (χ1) is 21.9. The van der Waals surface area contributed by atoms with Gasteiger partial charge in [0.2, 0.25) is 18.1 Å². The van der Waals surface area contributed by atoms with Gasteiger partial charge in [-0.05, 0) is 42.5 Å². The number of anilines is 1. The summed E-state index contributed by atoms with van der Waals surface area (Å²) in [7, 11) is 3.79. The summed E-state index contributed by atoms with van der Waals surface area (Å²) in [6.45, 7) is 2.29. The van der Waals surface area contributed by atoms with Gasteiger partial charge in [-0.25, -0.2) is 14.4 Å². The number of hydrogen-bond acceptors (Lipinski definition) is 15. The lowest BCUT2D eigenvalue weighted by Crippen LogP contribution is -2.48. The number of carboxylic acid groups (broad SMARTS) is 1. The third kappa shape index (κ3) is 8.88. The predicted molar refractivity (Wildman–Crippen MR) is 152 cm³/mol. The molecule has 0 bridgehead atoms. The highest BCUT2D eigenvalue weighted by atomic mass is 16.6. The molecular formula is C29H27N3O14. The van der Waals surface area contributed by atoms with Crippen LogP contribution in [-0.2, 0) is 28.7 Å². The van der Waals surface area contributed by atoms with Gasteiger partial charge in [-0.15, -0.1) is 10.2 Å². The number of benzene rings is 2. The van der Waals surface area contributed by atoms with Gasteiger partial charge >= 0.3 is 29.8 Å². The Hall–Kier alpha value is -6.26. The molecule has 0 radical (unpaired) electrons. The molecule has 3 aromatic rings. The maximum Gasteiger partial charge on any atom is 0.349 e. The van der Waals surface area contributed by atoms with Crippen LogP contribution in [0.1, 0.15) is 34.6 Å². The van der Waals surface area contributed by atoms with Gasteiger partial charge in [-0.1, -0.05) is 0 Å². The zero-order chi connectivity index (χ0) is 34.0. The van der Waals surface area contributed by atoms with Gasteiger partial charge in [0.05, 0.1) is 32.5 Å². The predicted octanol–water partition coefficient (Wildman–Crippen LogP) is 1.83. The summed E-state index contributed by atoms with van der Waals surface area (Å²) in [5.74, 6) is -7.29. The lowest BCUT2D eigenvalue weighted by molar-refractivity contribution is -0.157. The van der Waals surface area contributed by atoms with Crippen molar-refractivity contribution < 1.29 is 67.0 Å². The normalized spacial score (nSPS) is 11.6. The molecule has 1 amide bonds. The molecule has 0 saturated carbocycles. The minimum absolute atomic E-state index is 0.0357. The SMILES string of the molecule is COc1ccc(NC(=O)[C@H](OC(=O)c2ccc(OC(C)=O)c(OC)c2)[C@H](OC(=O)c2ccc(OC(C)=O)c(OC)c2)C(=O)O)nn1. The highest BCUT2D eigenvalue weighted by molar-refractivity contribution is 6.01. The number of aromatic nitrogens is 2. The van der Waals surface area contributed by atoms with E-state index in [1.807, 2.05) is 0 Å². The number of rotatable bonds is 13. The fraction of sp³-hybridized carbons (Fsp3) is 0.241. The lowest BCUT2D eigenvalue weighted by atomic mass is 10.1. The smallest absolute Gasteiger partial charge is 0.349 e. The van der Waals surface area contributed by atoms with Gasteiger partial charge < -0.3 is 43.6 Å². The summed E-state index contributed by atoms with van der Waals surface area (Å²) in [5, 5.41) is 19.7. The molecule has 2 atom stereocenters. The average molecular weight is 642 g/mol. The molecule has 2 N–H and O–H groups in total. The molecule has 0 unspecified atom stereocenters. The standard InChI is InChI=1S/C29H27N3O14/c1-14(33)43-18-8-6-16(12-20(18)40-3)28(38)45-24(26(35)30-22-10-11-23(42-5)32-31-22)25(27(36)37)46-29(39)17-7-9-19(44-15(2)34)21(13-17)41-4/h6-13,24-25H,1-5H3,(H,36,37)(H,30,31,35)/t24-,25+/m1/s1. The van der Waals surface area contributed by atoms with Crippen molar-refractivity contribution in [3.8, 4) is 28.9 Å². The zero-order valence-corrected chi connectivity index (χ0v) is 24.9. The van der Waals surface area contributed by atoms with E-state index < -0.39 is 48.0 Å². The molecule has 0 spiro atoms. The van der Waals surface area contributed by atoms with Crippen molar-refractivity contribution >= 4 is 41.6 Å². The number of amides is 1. The van der Waals surface area contributed by atoms with Gasteiger partial charge in [-0.2, -0.15) is 0 Å². The summed E-state index contributed by atoms with van der Waals surface area (Å²) >= 11 is 0. The number of nitrogens with zero attached hydrogens (tertiary/aromatic N) is 2. The van der Waals surface area contributed by atoms with Crippen LogP contribution in [0.2, 0.25) is 0 Å². The number of nitrogens with one attached hydrogen (secondary N) is 1. The van der Waals surface area contributed by atoms with Crippen molar-refractivity contribution in [1.29, 1.82) is 0 Å². The van der Waals surface area contributed by atoms with Gasteiger partial charge in [0.25, 0.3) is 5.91 Å². The Morgan fingerprint density at radius 1 is 0.652 bits per heavy atom. The molecule has 46 heavy (non-hydrogen) atoms. The zero-order valence-electron chi connectivity index (χ0n) is 24.9. The first-order valence-electron chi connectivity index (χ1n) is 12.9. The molecule has 17 nitrogen and oxygen atoms in total. The number of carbonyl (C=O) groups excluding carboxylic acids is 5. The number of aliphatic carboxylic acids is 1. The summed E-state index contributed by atoms with van der Waals surface area (Å²) in [5.41, 5.74) is -0.521. The van der Waals surface area contributed by atoms with Crippen LogP contribution in [0.3, 0.4) is 0 Å². The molecule has 0 saturated heterocycles. The molecule has 1 heterocycles. The molecule has 2 aromatic carbocycles. The van der Waals surface area contributed by atoms with Gasteiger partial charge in [0.15, 0.2) is 28.8 Å². The second-order valence-corrected chi connectivity index (χ2v) is 8.86. The molecule has 0 aliphatic rings. The second-order valence-electron chi connectivity index (χ2n) is 8.86. The first-order valence-corrected chi connectivity index (χ1v) is 12.9. The van der Waals surface area contributed by atoms with Crippen molar-refractivity contribution in [1.82, 2.24) is 10.2 Å². The van der Waals surface area contributed by atoms with E-state index in [9.17, 15) is 33.9 Å². The van der Waals surface area contributed by atoms with Crippen molar-refractivity contribution in [3.63, 3.8) is 0 Å². The number of hydrogen-bond donors (Lipinski definition) is 2. The van der Waals surface area contributed by atoms with Crippen LogP contribution >= 0.6 is 0 Å². The van der Waals surface area contributed by atoms with E-state index in [0.29, 0.717) is 0 Å². The Bertz CT molecular complexity index is 1640. The molecule has 17 heteroatoms. The van der Waals surface area contributed by atoms with Crippen LogP contribution in [0.15, 0.2) is 48.5 Å². The second kappa shape index (κ2) is 15.5. The fourth-order valence-electron chi connectivity index (χ4n) is 3.62. The fourth-order valence-corrected chi connectivity index (χ4v) is 3.62. The Labute approximate surface area is 260 Å². The van der Waals surface area contributed by atoms with Crippen molar-refractivity contribution in [3.05, 3.63) is 59.7 Å². The van der Waals surface area contributed by atoms with Crippen LogP contribution < -0.4 is 29.0 Å². The molecule has 242 valence electrons. The van der Waals surface area contributed by atoms with Gasteiger partial charge in [-0.3, -0.25) is 14.4 Å². The van der Waals surface area contributed by atoms with E-state index in [-0.39, 0.29) is 45.8 Å². The van der Waals surface area contributed by atoms with E-state index in [0.717, 1.165) is 38.1 Å². The maximum absolute atomic E-state index is 13.4. The molecule has 0 aliphatic carbocycles. The van der Waals surface area contributed by atoms with E-state index in [1.54, 1.807) is 0 Å². The number of ether oxygens (including phenoxy) is 7. The van der Waals surface area contributed by atoms with E-state index >= 15 is 0 Å². The maximum atomic E-state index is 13.4.